The van der Waals surface area contributed by atoms with E-state index in [0.717, 1.165) is 6.42 Å². The average Bonchev–Trinajstić information content (AvgIpc) is 2.17. The van der Waals surface area contributed by atoms with Gasteiger partial charge in [0.25, 0.3) is 0 Å². The summed E-state index contributed by atoms with van der Waals surface area (Å²) in [7, 11) is 0. The molecule has 0 amide bonds. The molecule has 0 N–H and O–H groups in total. The summed E-state index contributed by atoms with van der Waals surface area (Å²) in [6.07, 6.45) is 13.0. The van der Waals surface area contributed by atoms with Gasteiger partial charge in [0, 0.05) is 0 Å². The Kier molecular flexibility index (Phi) is 8.99. The Morgan fingerprint density at radius 3 is 1.75 bits per heavy atom. The maximum atomic E-state index is 2.39. The van der Waals surface area contributed by atoms with E-state index in [1.165, 1.54) is 42.4 Å². The van der Waals surface area contributed by atoms with Crippen LogP contribution in [-0.4, -0.2) is 0 Å². The zero-order chi connectivity index (χ0) is 12.4. The first kappa shape index (κ1) is 15.2. The predicted molar refractivity (Wildman–Crippen MR) is 75.7 cm³/mol. The van der Waals surface area contributed by atoms with Gasteiger partial charge in [-0.2, -0.15) is 0 Å². The number of hydrogen-bond acceptors (Lipinski definition) is 0. The molecule has 0 aliphatic carbocycles. The first-order chi connectivity index (χ1) is 7.56. The Bertz CT molecular complexity index is 260. The molecule has 0 radical (unpaired) electrons. The molecule has 0 nitrogen and oxygen atoms in total. The van der Waals surface area contributed by atoms with Gasteiger partial charge in [0.15, 0.2) is 0 Å². The zero-order valence-corrected chi connectivity index (χ0v) is 11.8. The number of hydrogen-bond donors (Lipinski definition) is 0. The van der Waals surface area contributed by atoms with Gasteiger partial charge in [-0.15, -0.1) is 0 Å². The van der Waals surface area contributed by atoms with Crippen molar-refractivity contribution in [2.45, 2.75) is 66.7 Å². The molecule has 0 aromatic heterocycles. The van der Waals surface area contributed by atoms with Crippen molar-refractivity contribution < 1.29 is 0 Å². The highest BCUT2D eigenvalue weighted by atomic mass is 14.0. The summed E-state index contributed by atoms with van der Waals surface area (Å²) in [5.74, 6) is 0. The van der Waals surface area contributed by atoms with Gasteiger partial charge in [0.05, 0.1) is 0 Å². The Morgan fingerprint density at radius 2 is 1.25 bits per heavy atom. The zero-order valence-electron chi connectivity index (χ0n) is 11.8. The monoisotopic (exact) mass is 220 g/mol. The molecule has 0 heterocycles. The Hall–Kier alpha value is -0.780. The summed E-state index contributed by atoms with van der Waals surface area (Å²) in [6.45, 7) is 11.0. The van der Waals surface area contributed by atoms with Gasteiger partial charge in [0.1, 0.15) is 0 Å². The van der Waals surface area contributed by atoms with Gasteiger partial charge < -0.3 is 0 Å². The van der Waals surface area contributed by atoms with Crippen molar-refractivity contribution in [1.82, 2.24) is 0 Å². The van der Waals surface area contributed by atoms with Crippen LogP contribution < -0.4 is 0 Å². The highest BCUT2D eigenvalue weighted by Gasteiger charge is 1.91. The fourth-order valence-electron chi connectivity index (χ4n) is 1.69. The minimum Gasteiger partial charge on any atom is -0.0859 e. The van der Waals surface area contributed by atoms with Crippen LogP contribution in [0.4, 0.5) is 0 Å². The van der Waals surface area contributed by atoms with Gasteiger partial charge in [-0.25, -0.2) is 0 Å². The summed E-state index contributed by atoms with van der Waals surface area (Å²) in [5, 5.41) is 0. The van der Waals surface area contributed by atoms with E-state index in [-0.39, 0.29) is 0 Å². The highest BCUT2D eigenvalue weighted by Crippen LogP contribution is 2.11. The molecular formula is C16H28. The summed E-state index contributed by atoms with van der Waals surface area (Å²) in [5.41, 5.74) is 4.48. The van der Waals surface area contributed by atoms with Crippen molar-refractivity contribution in [2.24, 2.45) is 0 Å². The molecule has 0 fully saturated rings. The fourth-order valence-corrected chi connectivity index (χ4v) is 1.69. The maximum Gasteiger partial charge on any atom is -0.0288 e. The minimum atomic E-state index is 1.16. The molecular weight excluding hydrogens is 192 g/mol. The van der Waals surface area contributed by atoms with Gasteiger partial charge >= 0.3 is 0 Å². The van der Waals surface area contributed by atoms with E-state index in [1.807, 2.05) is 0 Å². The smallest absolute Gasteiger partial charge is 0.0288 e. The Balaban J connectivity index is 3.79. The molecule has 0 aliphatic heterocycles. The van der Waals surface area contributed by atoms with Crippen LogP contribution in [0.3, 0.4) is 0 Å². The van der Waals surface area contributed by atoms with Crippen LogP contribution in [0, 0.1) is 0 Å². The molecule has 92 valence electrons. The third kappa shape index (κ3) is 9.76. The molecule has 0 aromatic carbocycles. The van der Waals surface area contributed by atoms with Gasteiger partial charge in [-0.1, -0.05) is 41.9 Å². The standard InChI is InChI=1S/C16H28/c1-6-9-15(4)12-8-13-16(5)11-7-10-14(2)3/h9-10,13H,6-8,11-12H2,1-5H3/b15-9+,16-13+. The first-order valence-corrected chi connectivity index (χ1v) is 6.50. The van der Waals surface area contributed by atoms with Crippen LogP contribution in [0.15, 0.2) is 34.9 Å². The molecule has 0 saturated heterocycles. The van der Waals surface area contributed by atoms with E-state index in [0.29, 0.717) is 0 Å². The molecule has 0 rings (SSSR count). The Morgan fingerprint density at radius 1 is 0.750 bits per heavy atom. The Labute approximate surface area is 102 Å². The predicted octanol–water partition coefficient (Wildman–Crippen LogP) is 5.82. The van der Waals surface area contributed by atoms with Crippen LogP contribution in [0.5, 0.6) is 0 Å². The van der Waals surface area contributed by atoms with Crippen molar-refractivity contribution in [3.63, 3.8) is 0 Å². The summed E-state index contributed by atoms with van der Waals surface area (Å²) in [6, 6.07) is 0. The van der Waals surface area contributed by atoms with Crippen LogP contribution in [0.1, 0.15) is 66.7 Å². The highest BCUT2D eigenvalue weighted by molar-refractivity contribution is 5.05. The number of allylic oxidation sites excluding steroid dienone is 6. The summed E-state index contributed by atoms with van der Waals surface area (Å²) in [4.78, 5) is 0. The lowest BCUT2D eigenvalue weighted by atomic mass is 10.1. The van der Waals surface area contributed by atoms with Gasteiger partial charge in [-0.05, 0) is 59.8 Å². The lowest BCUT2D eigenvalue weighted by Crippen LogP contribution is -1.80. The van der Waals surface area contributed by atoms with Crippen molar-refractivity contribution in [3.05, 3.63) is 34.9 Å². The van der Waals surface area contributed by atoms with Gasteiger partial charge in [0.2, 0.25) is 0 Å². The van der Waals surface area contributed by atoms with Crippen molar-refractivity contribution in [2.75, 3.05) is 0 Å². The van der Waals surface area contributed by atoms with E-state index in [9.17, 15) is 0 Å². The molecule has 0 heteroatoms. The molecule has 0 spiro atoms. The van der Waals surface area contributed by atoms with Gasteiger partial charge in [-0.3, -0.25) is 0 Å². The van der Waals surface area contributed by atoms with Crippen LogP contribution in [0.25, 0.3) is 0 Å². The van der Waals surface area contributed by atoms with Crippen LogP contribution in [-0.2, 0) is 0 Å². The molecule has 0 bridgehead atoms. The fraction of sp³-hybridized carbons (Fsp3) is 0.625. The van der Waals surface area contributed by atoms with Crippen molar-refractivity contribution >= 4 is 0 Å². The van der Waals surface area contributed by atoms with E-state index >= 15 is 0 Å². The first-order valence-electron chi connectivity index (χ1n) is 6.50. The lowest BCUT2D eigenvalue weighted by Gasteiger charge is -2.00. The van der Waals surface area contributed by atoms with E-state index in [2.05, 4.69) is 52.8 Å². The van der Waals surface area contributed by atoms with E-state index in [1.54, 1.807) is 0 Å². The lowest BCUT2D eigenvalue weighted by molar-refractivity contribution is 0.913. The summed E-state index contributed by atoms with van der Waals surface area (Å²) < 4.78 is 0. The topological polar surface area (TPSA) is 0 Å². The SMILES string of the molecule is CC/C=C(\C)CC/C=C(\C)CCC=C(C)C. The molecule has 0 unspecified atom stereocenters. The van der Waals surface area contributed by atoms with E-state index in [4.69, 9.17) is 0 Å². The third-order valence-electron chi connectivity index (χ3n) is 2.68. The number of rotatable bonds is 7. The summed E-state index contributed by atoms with van der Waals surface area (Å²) >= 11 is 0. The third-order valence-corrected chi connectivity index (χ3v) is 2.68. The molecule has 16 heavy (non-hydrogen) atoms. The molecule has 0 saturated carbocycles. The molecule has 0 aliphatic rings. The van der Waals surface area contributed by atoms with Crippen LogP contribution in [0.2, 0.25) is 0 Å². The normalized spacial score (nSPS) is 12.8. The van der Waals surface area contributed by atoms with Crippen molar-refractivity contribution in [1.29, 1.82) is 0 Å². The average molecular weight is 220 g/mol. The second kappa shape index (κ2) is 9.45. The molecule has 0 atom stereocenters. The quantitative estimate of drug-likeness (QED) is 0.474. The van der Waals surface area contributed by atoms with Crippen LogP contribution >= 0.6 is 0 Å². The maximum absolute atomic E-state index is 2.39. The largest absolute Gasteiger partial charge is 0.0859 e. The molecule has 0 aromatic rings. The van der Waals surface area contributed by atoms with Crippen molar-refractivity contribution in [3.8, 4) is 0 Å². The van der Waals surface area contributed by atoms with E-state index < -0.39 is 0 Å². The second-order valence-electron chi connectivity index (χ2n) is 4.87. The minimum absolute atomic E-state index is 1.16. The second-order valence-corrected chi connectivity index (χ2v) is 4.87.